The second-order valence-corrected chi connectivity index (χ2v) is 6.43. The topological polar surface area (TPSA) is 68.5 Å². The zero-order valence-electron chi connectivity index (χ0n) is 14.7. The second-order valence-electron chi connectivity index (χ2n) is 6.43. The number of hydrogen-bond donors (Lipinski definition) is 0. The Kier molecular flexibility index (Phi) is 4.16. The van der Waals surface area contributed by atoms with E-state index in [-0.39, 0.29) is 11.8 Å². The van der Waals surface area contributed by atoms with E-state index in [1.807, 2.05) is 55.5 Å². The molecule has 1 amide bonds. The highest BCUT2D eigenvalue weighted by molar-refractivity contribution is 5.96. The van der Waals surface area contributed by atoms with Gasteiger partial charge in [-0.05, 0) is 43.3 Å². The molecule has 6 heteroatoms. The van der Waals surface area contributed by atoms with Crippen LogP contribution in [0, 0.1) is 6.92 Å². The van der Waals surface area contributed by atoms with Gasteiger partial charge in [0.15, 0.2) is 5.82 Å². The van der Waals surface area contributed by atoms with Crippen molar-refractivity contribution in [3.05, 3.63) is 59.9 Å². The van der Waals surface area contributed by atoms with Gasteiger partial charge in [-0.15, -0.1) is 0 Å². The summed E-state index contributed by atoms with van der Waals surface area (Å²) >= 11 is 0. The van der Waals surface area contributed by atoms with Crippen molar-refractivity contribution >= 4 is 11.6 Å². The maximum Gasteiger partial charge on any atom is 0.257 e. The van der Waals surface area contributed by atoms with Crippen molar-refractivity contribution in [2.75, 3.05) is 18.6 Å². The Morgan fingerprint density at radius 2 is 1.85 bits per heavy atom. The third-order valence-electron chi connectivity index (χ3n) is 4.61. The highest BCUT2D eigenvalue weighted by atomic mass is 16.5. The van der Waals surface area contributed by atoms with Gasteiger partial charge in [-0.1, -0.05) is 22.9 Å². The van der Waals surface area contributed by atoms with Crippen LogP contribution < -0.4 is 9.64 Å². The normalized spacial score (nSPS) is 16.9. The number of anilines is 1. The van der Waals surface area contributed by atoms with Crippen molar-refractivity contribution in [1.29, 1.82) is 0 Å². The van der Waals surface area contributed by atoms with E-state index < -0.39 is 0 Å². The lowest BCUT2D eigenvalue weighted by atomic mass is 10.1. The highest BCUT2D eigenvalue weighted by Crippen LogP contribution is 2.32. The number of carbonyl (C=O) groups is 1. The van der Waals surface area contributed by atoms with Crippen LogP contribution in [0.4, 0.5) is 5.69 Å². The summed E-state index contributed by atoms with van der Waals surface area (Å²) in [6.45, 7) is 2.57. The zero-order valence-corrected chi connectivity index (χ0v) is 14.7. The molecule has 1 aliphatic heterocycles. The SMILES string of the molecule is COc1ccc(N2CC(c3noc(-c4ccc(C)cc4)n3)CC2=O)cc1. The first-order chi connectivity index (χ1) is 12.6. The molecule has 0 bridgehead atoms. The Morgan fingerprint density at radius 3 is 2.54 bits per heavy atom. The maximum atomic E-state index is 12.4. The minimum Gasteiger partial charge on any atom is -0.497 e. The summed E-state index contributed by atoms with van der Waals surface area (Å²) in [6.07, 6.45) is 0.374. The fourth-order valence-corrected chi connectivity index (χ4v) is 3.11. The first-order valence-corrected chi connectivity index (χ1v) is 8.49. The molecule has 132 valence electrons. The van der Waals surface area contributed by atoms with Crippen LogP contribution in [0.15, 0.2) is 53.1 Å². The first kappa shape index (κ1) is 16.3. The Bertz CT molecular complexity index is 916. The lowest BCUT2D eigenvalue weighted by molar-refractivity contribution is -0.117. The highest BCUT2D eigenvalue weighted by Gasteiger charge is 2.34. The van der Waals surface area contributed by atoms with Crippen LogP contribution in [-0.2, 0) is 4.79 Å². The summed E-state index contributed by atoms with van der Waals surface area (Å²) in [5.41, 5.74) is 2.90. The lowest BCUT2D eigenvalue weighted by Gasteiger charge is -2.16. The molecule has 2 heterocycles. The van der Waals surface area contributed by atoms with Gasteiger partial charge in [-0.3, -0.25) is 4.79 Å². The van der Waals surface area contributed by atoms with Crippen molar-refractivity contribution < 1.29 is 14.1 Å². The number of nitrogens with zero attached hydrogens (tertiary/aromatic N) is 3. The predicted octanol–water partition coefficient (Wildman–Crippen LogP) is 3.57. The second kappa shape index (κ2) is 6.63. The van der Waals surface area contributed by atoms with Crippen molar-refractivity contribution in [3.8, 4) is 17.2 Å². The molecule has 26 heavy (non-hydrogen) atoms. The Morgan fingerprint density at radius 1 is 1.12 bits per heavy atom. The fraction of sp³-hybridized carbons (Fsp3) is 0.250. The van der Waals surface area contributed by atoms with Crippen LogP contribution in [0.3, 0.4) is 0 Å². The largest absolute Gasteiger partial charge is 0.497 e. The van der Waals surface area contributed by atoms with Gasteiger partial charge >= 0.3 is 0 Å². The Balaban J connectivity index is 1.52. The minimum atomic E-state index is -0.0763. The minimum absolute atomic E-state index is 0.0573. The maximum absolute atomic E-state index is 12.4. The van der Waals surface area contributed by atoms with Crippen molar-refractivity contribution in [1.82, 2.24) is 10.1 Å². The molecular weight excluding hydrogens is 330 g/mol. The monoisotopic (exact) mass is 349 g/mol. The van der Waals surface area contributed by atoms with Gasteiger partial charge in [0.2, 0.25) is 5.91 Å². The van der Waals surface area contributed by atoms with Gasteiger partial charge < -0.3 is 14.2 Å². The van der Waals surface area contributed by atoms with Crippen LogP contribution in [0.2, 0.25) is 0 Å². The van der Waals surface area contributed by atoms with Crippen LogP contribution in [0.1, 0.15) is 23.7 Å². The fourth-order valence-electron chi connectivity index (χ4n) is 3.11. The smallest absolute Gasteiger partial charge is 0.257 e. The number of hydrogen-bond acceptors (Lipinski definition) is 5. The number of amides is 1. The van der Waals surface area contributed by atoms with Crippen molar-refractivity contribution in [2.24, 2.45) is 0 Å². The quantitative estimate of drug-likeness (QED) is 0.720. The molecule has 0 spiro atoms. The van der Waals surface area contributed by atoms with E-state index in [9.17, 15) is 4.79 Å². The third kappa shape index (κ3) is 3.06. The van der Waals surface area contributed by atoms with Crippen LogP contribution in [0.5, 0.6) is 5.75 Å². The van der Waals surface area contributed by atoms with E-state index in [4.69, 9.17) is 9.26 Å². The van der Waals surface area contributed by atoms with Gasteiger partial charge in [0.25, 0.3) is 5.89 Å². The zero-order chi connectivity index (χ0) is 18.1. The number of methoxy groups -OCH3 is 1. The number of ether oxygens (including phenoxy) is 1. The van der Waals surface area contributed by atoms with Crippen LogP contribution in [-0.4, -0.2) is 29.7 Å². The summed E-state index contributed by atoms with van der Waals surface area (Å²) < 4.78 is 10.6. The van der Waals surface area contributed by atoms with Gasteiger partial charge in [0.05, 0.1) is 7.11 Å². The summed E-state index contributed by atoms with van der Waals surface area (Å²) in [4.78, 5) is 18.7. The summed E-state index contributed by atoms with van der Waals surface area (Å²) in [5, 5.41) is 4.10. The third-order valence-corrected chi connectivity index (χ3v) is 4.61. The van der Waals surface area contributed by atoms with Gasteiger partial charge in [-0.25, -0.2) is 0 Å². The molecule has 4 rings (SSSR count). The molecule has 1 unspecified atom stereocenters. The molecule has 1 saturated heterocycles. The summed E-state index contributed by atoms with van der Waals surface area (Å²) in [6, 6.07) is 15.4. The molecule has 1 fully saturated rings. The van der Waals surface area contributed by atoms with E-state index in [2.05, 4.69) is 10.1 Å². The van der Waals surface area contributed by atoms with Gasteiger partial charge in [-0.2, -0.15) is 4.98 Å². The van der Waals surface area contributed by atoms with Gasteiger partial charge in [0, 0.05) is 30.1 Å². The average molecular weight is 349 g/mol. The average Bonchev–Trinajstić information content (AvgIpc) is 3.29. The molecule has 0 saturated carbocycles. The summed E-state index contributed by atoms with van der Waals surface area (Å²) in [5.74, 6) is 1.80. The van der Waals surface area contributed by atoms with E-state index >= 15 is 0 Å². The van der Waals surface area contributed by atoms with Crippen LogP contribution in [0.25, 0.3) is 11.5 Å². The molecule has 0 N–H and O–H groups in total. The van der Waals surface area contributed by atoms with Crippen LogP contribution >= 0.6 is 0 Å². The van der Waals surface area contributed by atoms with Crippen molar-refractivity contribution in [2.45, 2.75) is 19.3 Å². The molecule has 1 aromatic heterocycles. The molecule has 2 aromatic carbocycles. The number of rotatable bonds is 4. The van der Waals surface area contributed by atoms with Crippen molar-refractivity contribution in [3.63, 3.8) is 0 Å². The standard InChI is InChI=1S/C20H19N3O3/c1-13-3-5-14(6-4-13)20-21-19(22-26-20)15-11-18(24)23(12-15)16-7-9-17(25-2)10-8-16/h3-10,15H,11-12H2,1-2H3. The summed E-state index contributed by atoms with van der Waals surface area (Å²) in [7, 11) is 1.62. The number of benzene rings is 2. The van der Waals surface area contributed by atoms with E-state index in [1.165, 1.54) is 5.56 Å². The Hall–Kier alpha value is -3.15. The molecule has 6 nitrogen and oxygen atoms in total. The van der Waals surface area contributed by atoms with E-state index in [1.54, 1.807) is 12.0 Å². The molecular formula is C20H19N3O3. The number of carbonyl (C=O) groups excluding carboxylic acids is 1. The molecule has 3 aromatic rings. The molecule has 1 atom stereocenters. The number of aromatic nitrogens is 2. The first-order valence-electron chi connectivity index (χ1n) is 8.49. The molecule has 1 aliphatic rings. The lowest BCUT2D eigenvalue weighted by Crippen LogP contribution is -2.24. The Labute approximate surface area is 151 Å². The number of aryl methyl sites for hydroxylation is 1. The van der Waals surface area contributed by atoms with Gasteiger partial charge in [0.1, 0.15) is 5.75 Å². The molecule has 0 aliphatic carbocycles. The van der Waals surface area contributed by atoms with E-state index in [0.717, 1.165) is 17.0 Å². The van der Waals surface area contributed by atoms with E-state index in [0.29, 0.717) is 24.7 Å². The predicted molar refractivity (Wildman–Crippen MR) is 97.2 cm³/mol. The molecule has 0 radical (unpaired) electrons.